The quantitative estimate of drug-likeness (QED) is 0.831. The van der Waals surface area contributed by atoms with Crippen molar-refractivity contribution in [1.82, 2.24) is 0 Å². The van der Waals surface area contributed by atoms with E-state index in [2.05, 4.69) is 0 Å². The van der Waals surface area contributed by atoms with Gasteiger partial charge in [0.05, 0.1) is 12.0 Å². The summed E-state index contributed by atoms with van der Waals surface area (Å²) >= 11 is 0.954. The highest BCUT2D eigenvalue weighted by molar-refractivity contribution is 7.99. The summed E-state index contributed by atoms with van der Waals surface area (Å²) in [6.45, 7) is 0. The molecule has 0 atom stereocenters. The van der Waals surface area contributed by atoms with E-state index in [0.29, 0.717) is 10.6 Å². The average molecular weight is 327 g/mol. The molecule has 3 N–H and O–H groups in total. The second-order valence-electron chi connectivity index (χ2n) is 4.57. The number of carbonyl (C=O) groups is 1. The van der Waals surface area contributed by atoms with Crippen LogP contribution in [-0.4, -0.2) is 11.1 Å². The zero-order valence-corrected chi connectivity index (χ0v) is 12.0. The molecular formula is C15H12F3NO2S. The van der Waals surface area contributed by atoms with Crippen molar-refractivity contribution in [2.24, 2.45) is 0 Å². The fraction of sp³-hybridized carbons (Fsp3) is 0.133. The summed E-state index contributed by atoms with van der Waals surface area (Å²) in [6.07, 6.45) is -5.00. The zero-order chi connectivity index (χ0) is 16.3. The van der Waals surface area contributed by atoms with E-state index in [0.717, 1.165) is 17.8 Å². The number of alkyl halides is 3. The maximum Gasteiger partial charge on any atom is 0.417 e. The number of carboxylic acids is 1. The van der Waals surface area contributed by atoms with Crippen LogP contribution in [0.3, 0.4) is 0 Å². The van der Waals surface area contributed by atoms with Crippen LogP contribution in [0.25, 0.3) is 0 Å². The number of rotatable bonds is 4. The molecule has 0 saturated heterocycles. The summed E-state index contributed by atoms with van der Waals surface area (Å²) in [7, 11) is 0. The monoisotopic (exact) mass is 327 g/mol. The number of halogens is 3. The fourth-order valence-corrected chi connectivity index (χ4v) is 2.78. The Balaban J connectivity index is 2.37. The summed E-state index contributed by atoms with van der Waals surface area (Å²) in [4.78, 5) is 11.3. The third-order valence-electron chi connectivity index (χ3n) is 2.81. The molecule has 0 bridgehead atoms. The van der Waals surface area contributed by atoms with Crippen molar-refractivity contribution < 1.29 is 23.1 Å². The van der Waals surface area contributed by atoms with E-state index in [1.807, 2.05) is 0 Å². The Bertz CT molecular complexity index is 684. The van der Waals surface area contributed by atoms with Crippen LogP contribution < -0.4 is 5.73 Å². The molecule has 0 aliphatic rings. The largest absolute Gasteiger partial charge is 0.481 e. The summed E-state index contributed by atoms with van der Waals surface area (Å²) in [5, 5.41) is 8.69. The molecule has 0 aliphatic carbocycles. The van der Waals surface area contributed by atoms with E-state index in [1.165, 1.54) is 12.1 Å². The number of hydrogen-bond donors (Lipinski definition) is 2. The molecule has 2 aromatic rings. The molecule has 0 radical (unpaired) electrons. The average Bonchev–Trinajstić information content (AvgIpc) is 2.41. The normalized spacial score (nSPS) is 11.4. The smallest absolute Gasteiger partial charge is 0.417 e. The number of aliphatic carboxylic acids is 1. The van der Waals surface area contributed by atoms with Gasteiger partial charge in [-0.1, -0.05) is 17.8 Å². The Morgan fingerprint density at radius 3 is 2.32 bits per heavy atom. The molecule has 0 aliphatic heterocycles. The van der Waals surface area contributed by atoms with Crippen molar-refractivity contribution in [3.63, 3.8) is 0 Å². The van der Waals surface area contributed by atoms with Crippen molar-refractivity contribution in [3.05, 3.63) is 53.6 Å². The predicted molar refractivity (Wildman–Crippen MR) is 77.8 cm³/mol. The Morgan fingerprint density at radius 1 is 1.14 bits per heavy atom. The zero-order valence-electron chi connectivity index (χ0n) is 11.2. The van der Waals surface area contributed by atoms with Crippen molar-refractivity contribution in [3.8, 4) is 0 Å². The lowest BCUT2D eigenvalue weighted by atomic mass is 10.1. The van der Waals surface area contributed by atoms with Crippen LogP contribution in [-0.2, 0) is 17.4 Å². The fourth-order valence-electron chi connectivity index (χ4n) is 1.84. The van der Waals surface area contributed by atoms with Gasteiger partial charge in [0, 0.05) is 15.5 Å². The van der Waals surface area contributed by atoms with Gasteiger partial charge in [-0.3, -0.25) is 4.79 Å². The lowest BCUT2D eigenvalue weighted by Crippen LogP contribution is -2.09. The maximum absolute atomic E-state index is 13.2. The van der Waals surface area contributed by atoms with E-state index in [1.54, 1.807) is 24.3 Å². The molecule has 0 amide bonds. The van der Waals surface area contributed by atoms with Gasteiger partial charge in [0.15, 0.2) is 0 Å². The Hall–Kier alpha value is -2.15. The van der Waals surface area contributed by atoms with Gasteiger partial charge in [0.2, 0.25) is 0 Å². The molecule has 7 heteroatoms. The first-order chi connectivity index (χ1) is 10.3. The van der Waals surface area contributed by atoms with Gasteiger partial charge in [0.1, 0.15) is 0 Å². The second-order valence-corrected chi connectivity index (χ2v) is 5.69. The SMILES string of the molecule is Nc1ccc(Sc2ccc(CC(=O)O)cc2C(F)(F)F)cc1. The first-order valence-electron chi connectivity index (χ1n) is 6.21. The number of hydrogen-bond acceptors (Lipinski definition) is 3. The van der Waals surface area contributed by atoms with Crippen LogP contribution >= 0.6 is 11.8 Å². The topological polar surface area (TPSA) is 63.3 Å². The number of nitrogens with two attached hydrogens (primary N) is 1. The van der Waals surface area contributed by atoms with Gasteiger partial charge >= 0.3 is 12.1 Å². The summed E-state index contributed by atoms with van der Waals surface area (Å²) in [6, 6.07) is 10.0. The summed E-state index contributed by atoms with van der Waals surface area (Å²) in [5.74, 6) is -1.17. The number of anilines is 1. The highest BCUT2D eigenvalue weighted by Crippen LogP contribution is 2.40. The molecule has 0 saturated carbocycles. The minimum atomic E-state index is -4.55. The standard InChI is InChI=1S/C15H12F3NO2S/c16-15(17,18)12-7-9(8-14(20)21)1-6-13(12)22-11-4-2-10(19)3-5-11/h1-7H,8,19H2,(H,20,21). The third-order valence-corrected chi connectivity index (χ3v) is 3.90. The van der Waals surface area contributed by atoms with Gasteiger partial charge in [-0.2, -0.15) is 13.2 Å². The number of carboxylic acid groups (broad SMARTS) is 1. The molecule has 22 heavy (non-hydrogen) atoms. The van der Waals surface area contributed by atoms with E-state index in [4.69, 9.17) is 10.8 Å². The molecule has 0 unspecified atom stereocenters. The highest BCUT2D eigenvalue weighted by Gasteiger charge is 2.34. The lowest BCUT2D eigenvalue weighted by molar-refractivity contribution is -0.140. The molecule has 3 nitrogen and oxygen atoms in total. The van der Waals surface area contributed by atoms with Crippen molar-refractivity contribution in [2.45, 2.75) is 22.4 Å². The van der Waals surface area contributed by atoms with Gasteiger partial charge in [-0.25, -0.2) is 0 Å². The van der Waals surface area contributed by atoms with Crippen molar-refractivity contribution in [2.75, 3.05) is 5.73 Å². The lowest BCUT2D eigenvalue weighted by Gasteiger charge is -2.14. The van der Waals surface area contributed by atoms with Crippen LogP contribution in [0.5, 0.6) is 0 Å². The third kappa shape index (κ3) is 4.17. The molecule has 2 aromatic carbocycles. The minimum Gasteiger partial charge on any atom is -0.481 e. The van der Waals surface area contributed by atoms with Crippen molar-refractivity contribution in [1.29, 1.82) is 0 Å². The maximum atomic E-state index is 13.2. The van der Waals surface area contributed by atoms with Gasteiger partial charge in [0.25, 0.3) is 0 Å². The summed E-state index contributed by atoms with van der Waals surface area (Å²) in [5.41, 5.74) is 5.34. The van der Waals surface area contributed by atoms with Crippen LogP contribution in [0.15, 0.2) is 52.3 Å². The summed E-state index contributed by atoms with van der Waals surface area (Å²) < 4.78 is 39.5. The molecule has 0 spiro atoms. The molecule has 2 rings (SSSR count). The Labute approximate surface area is 128 Å². The van der Waals surface area contributed by atoms with Crippen LogP contribution in [0.2, 0.25) is 0 Å². The molecule has 116 valence electrons. The van der Waals surface area contributed by atoms with Gasteiger partial charge in [-0.05, 0) is 42.0 Å². The van der Waals surface area contributed by atoms with E-state index in [9.17, 15) is 18.0 Å². The van der Waals surface area contributed by atoms with E-state index < -0.39 is 24.1 Å². The second kappa shape index (κ2) is 6.31. The number of nitrogen functional groups attached to an aromatic ring is 1. The van der Waals surface area contributed by atoms with Crippen LogP contribution in [0.4, 0.5) is 18.9 Å². The van der Waals surface area contributed by atoms with Crippen molar-refractivity contribution >= 4 is 23.4 Å². The van der Waals surface area contributed by atoms with Gasteiger partial charge in [-0.15, -0.1) is 0 Å². The van der Waals surface area contributed by atoms with Crippen LogP contribution in [0.1, 0.15) is 11.1 Å². The first-order valence-corrected chi connectivity index (χ1v) is 7.02. The van der Waals surface area contributed by atoms with E-state index >= 15 is 0 Å². The Morgan fingerprint density at radius 2 is 1.77 bits per heavy atom. The van der Waals surface area contributed by atoms with E-state index in [-0.39, 0.29) is 10.5 Å². The van der Waals surface area contributed by atoms with Crippen LogP contribution in [0, 0.1) is 0 Å². The highest BCUT2D eigenvalue weighted by atomic mass is 32.2. The molecule has 0 aromatic heterocycles. The minimum absolute atomic E-state index is 0.0198. The molecule has 0 fully saturated rings. The molecule has 0 heterocycles. The molecular weight excluding hydrogens is 315 g/mol. The van der Waals surface area contributed by atoms with Gasteiger partial charge < -0.3 is 10.8 Å². The Kier molecular flexibility index (Phi) is 4.65. The number of benzene rings is 2. The first kappa shape index (κ1) is 16.2. The predicted octanol–water partition coefficient (Wildman–Crippen LogP) is 4.07.